The van der Waals surface area contributed by atoms with Crippen LogP contribution < -0.4 is 0 Å². The molecule has 0 saturated heterocycles. The van der Waals surface area contributed by atoms with Gasteiger partial charge >= 0.3 is 12.1 Å². The maximum Gasteiger partial charge on any atom is 0.419 e. The fraction of sp³-hybridized carbons (Fsp3) is 0.538. The molecular weight excluding hydrogens is 270 g/mol. The molecule has 6 heteroatoms. The number of halogens is 1. The molecule has 0 aliphatic carbocycles. The van der Waals surface area contributed by atoms with E-state index in [2.05, 4.69) is 0 Å². The fourth-order valence-electron chi connectivity index (χ4n) is 1.49. The Kier molecular flexibility index (Phi) is 4.63. The fourth-order valence-corrected chi connectivity index (χ4v) is 1.83. The molecule has 0 saturated carbocycles. The van der Waals surface area contributed by atoms with E-state index in [-0.39, 0.29) is 17.3 Å². The van der Waals surface area contributed by atoms with Gasteiger partial charge in [-0.25, -0.2) is 14.2 Å². The van der Waals surface area contributed by atoms with E-state index in [1.807, 2.05) is 0 Å². The van der Waals surface area contributed by atoms with Crippen molar-refractivity contribution >= 4 is 23.7 Å². The van der Waals surface area contributed by atoms with Crippen molar-refractivity contribution in [3.05, 3.63) is 22.5 Å². The molecule has 0 aliphatic heterocycles. The number of esters is 1. The zero-order valence-electron chi connectivity index (χ0n) is 11.7. The highest BCUT2D eigenvalue weighted by Gasteiger charge is 2.25. The first-order valence-electron chi connectivity index (χ1n) is 5.95. The number of nitrogens with zero attached hydrogens (tertiary/aromatic N) is 1. The van der Waals surface area contributed by atoms with Crippen LogP contribution in [0.4, 0.5) is 4.79 Å². The highest BCUT2D eigenvalue weighted by Crippen LogP contribution is 2.23. The van der Waals surface area contributed by atoms with Crippen molar-refractivity contribution in [2.24, 2.45) is 0 Å². The molecule has 0 fully saturated rings. The number of aromatic nitrogens is 1. The Bertz CT molecular complexity index is 499. The van der Waals surface area contributed by atoms with Gasteiger partial charge in [-0.2, -0.15) is 0 Å². The number of rotatable bonds is 2. The van der Waals surface area contributed by atoms with Gasteiger partial charge in [-0.3, -0.25) is 0 Å². The monoisotopic (exact) mass is 287 g/mol. The quantitative estimate of drug-likeness (QED) is 0.782. The summed E-state index contributed by atoms with van der Waals surface area (Å²) in [5.41, 5.74) is 0.0375. The zero-order chi connectivity index (χ0) is 14.8. The lowest BCUT2D eigenvalue weighted by Crippen LogP contribution is -2.27. The van der Waals surface area contributed by atoms with Crippen molar-refractivity contribution in [1.29, 1.82) is 0 Å². The van der Waals surface area contributed by atoms with Crippen LogP contribution in [0, 0.1) is 6.92 Å². The van der Waals surface area contributed by atoms with Gasteiger partial charge in [-0.15, -0.1) is 0 Å². The van der Waals surface area contributed by atoms with E-state index in [4.69, 9.17) is 21.1 Å². The second kappa shape index (κ2) is 5.65. The van der Waals surface area contributed by atoms with Crippen LogP contribution in [-0.2, 0) is 9.47 Å². The molecule has 1 aromatic heterocycles. The van der Waals surface area contributed by atoms with Gasteiger partial charge in [-0.05, 0) is 40.7 Å². The first-order chi connectivity index (χ1) is 8.67. The standard InChI is InChI=1S/C13H18ClNO4/c1-6-18-11(16)9-7-8(2)15(10(9)14)12(17)19-13(3,4)5/h7H,6H2,1-5H3. The van der Waals surface area contributed by atoms with Crippen LogP contribution >= 0.6 is 11.6 Å². The molecular formula is C13H18ClNO4. The smallest absolute Gasteiger partial charge is 0.419 e. The average molecular weight is 288 g/mol. The summed E-state index contributed by atoms with van der Waals surface area (Å²) < 4.78 is 11.2. The van der Waals surface area contributed by atoms with Crippen molar-refractivity contribution in [2.75, 3.05) is 6.61 Å². The summed E-state index contributed by atoms with van der Waals surface area (Å²) in [7, 11) is 0. The molecule has 0 aliphatic rings. The van der Waals surface area contributed by atoms with Crippen molar-refractivity contribution < 1.29 is 19.1 Å². The van der Waals surface area contributed by atoms with E-state index in [0.29, 0.717) is 5.69 Å². The molecule has 0 atom stereocenters. The summed E-state index contributed by atoms with van der Waals surface area (Å²) in [4.78, 5) is 23.7. The lowest BCUT2D eigenvalue weighted by molar-refractivity contribution is 0.0526. The van der Waals surface area contributed by atoms with Crippen LogP contribution in [0.15, 0.2) is 6.07 Å². The van der Waals surface area contributed by atoms with Crippen LogP contribution in [0.1, 0.15) is 43.7 Å². The minimum absolute atomic E-state index is 0.00481. The van der Waals surface area contributed by atoms with E-state index in [1.165, 1.54) is 6.07 Å². The minimum Gasteiger partial charge on any atom is -0.462 e. The van der Waals surface area contributed by atoms with Gasteiger partial charge in [-0.1, -0.05) is 11.6 Å². The predicted octanol–water partition coefficient (Wildman–Crippen LogP) is 3.41. The number of hydrogen-bond acceptors (Lipinski definition) is 4. The van der Waals surface area contributed by atoms with Gasteiger partial charge in [0.1, 0.15) is 10.8 Å². The van der Waals surface area contributed by atoms with Crippen LogP contribution in [0.5, 0.6) is 0 Å². The summed E-state index contributed by atoms with van der Waals surface area (Å²) in [6.45, 7) is 8.87. The number of ether oxygens (including phenoxy) is 2. The van der Waals surface area contributed by atoms with Crippen molar-refractivity contribution in [3.63, 3.8) is 0 Å². The summed E-state index contributed by atoms with van der Waals surface area (Å²) in [5, 5.41) is 0.00481. The molecule has 0 bridgehead atoms. The van der Waals surface area contributed by atoms with Gasteiger partial charge in [0.25, 0.3) is 0 Å². The van der Waals surface area contributed by atoms with Gasteiger partial charge in [0.2, 0.25) is 0 Å². The van der Waals surface area contributed by atoms with Crippen molar-refractivity contribution in [3.8, 4) is 0 Å². The second-order valence-electron chi connectivity index (χ2n) is 5.03. The first kappa shape index (κ1) is 15.6. The summed E-state index contributed by atoms with van der Waals surface area (Å²) in [6.07, 6.45) is -0.620. The Hall–Kier alpha value is -1.49. The second-order valence-corrected chi connectivity index (χ2v) is 5.38. The largest absolute Gasteiger partial charge is 0.462 e. The maximum atomic E-state index is 12.0. The normalized spacial score (nSPS) is 11.3. The molecule has 0 amide bonds. The van der Waals surface area contributed by atoms with Gasteiger partial charge in [0.15, 0.2) is 0 Å². The summed E-state index contributed by atoms with van der Waals surface area (Å²) in [5.74, 6) is -0.557. The Balaban J connectivity index is 3.10. The predicted molar refractivity (Wildman–Crippen MR) is 71.8 cm³/mol. The highest BCUT2D eigenvalue weighted by atomic mass is 35.5. The molecule has 19 heavy (non-hydrogen) atoms. The maximum absolute atomic E-state index is 12.0. The lowest BCUT2D eigenvalue weighted by Gasteiger charge is -2.20. The Morgan fingerprint density at radius 3 is 2.42 bits per heavy atom. The SMILES string of the molecule is CCOC(=O)c1cc(C)n(C(=O)OC(C)(C)C)c1Cl. The first-order valence-corrected chi connectivity index (χ1v) is 6.33. The molecule has 1 rings (SSSR count). The van der Waals surface area contributed by atoms with E-state index < -0.39 is 17.7 Å². The Labute approximate surface area is 117 Å². The van der Waals surface area contributed by atoms with Crippen molar-refractivity contribution in [2.45, 2.75) is 40.2 Å². The lowest BCUT2D eigenvalue weighted by atomic mass is 10.2. The molecule has 0 spiro atoms. The van der Waals surface area contributed by atoms with Crippen LogP contribution in [0.3, 0.4) is 0 Å². The molecule has 0 N–H and O–H groups in total. The molecule has 0 unspecified atom stereocenters. The minimum atomic E-state index is -0.638. The average Bonchev–Trinajstić information content (AvgIpc) is 2.52. The zero-order valence-corrected chi connectivity index (χ0v) is 12.5. The van der Waals surface area contributed by atoms with Crippen LogP contribution in [0.2, 0.25) is 5.15 Å². The van der Waals surface area contributed by atoms with Gasteiger partial charge < -0.3 is 9.47 Å². The molecule has 1 heterocycles. The number of carbonyl (C=O) groups is 2. The molecule has 1 aromatic rings. The van der Waals surface area contributed by atoms with E-state index in [0.717, 1.165) is 4.57 Å². The van der Waals surface area contributed by atoms with Crippen molar-refractivity contribution in [1.82, 2.24) is 4.57 Å². The highest BCUT2D eigenvalue weighted by molar-refractivity contribution is 6.33. The van der Waals surface area contributed by atoms with Gasteiger partial charge in [0, 0.05) is 5.69 Å². The molecule has 106 valence electrons. The topological polar surface area (TPSA) is 57.5 Å². The van der Waals surface area contributed by atoms with Crippen LogP contribution in [0.25, 0.3) is 0 Å². The third-order valence-electron chi connectivity index (χ3n) is 2.20. The Morgan fingerprint density at radius 2 is 1.95 bits per heavy atom. The van der Waals surface area contributed by atoms with Gasteiger partial charge in [0.05, 0.1) is 12.2 Å². The molecule has 0 radical (unpaired) electrons. The summed E-state index contributed by atoms with van der Waals surface area (Å²) >= 11 is 6.05. The van der Waals surface area contributed by atoms with E-state index in [1.54, 1.807) is 34.6 Å². The van der Waals surface area contributed by atoms with E-state index in [9.17, 15) is 9.59 Å². The molecule has 5 nitrogen and oxygen atoms in total. The number of hydrogen-bond donors (Lipinski definition) is 0. The Morgan fingerprint density at radius 1 is 1.37 bits per heavy atom. The van der Waals surface area contributed by atoms with E-state index >= 15 is 0 Å². The van der Waals surface area contributed by atoms with Crippen LogP contribution in [-0.4, -0.2) is 28.8 Å². The molecule has 0 aromatic carbocycles. The third-order valence-corrected chi connectivity index (χ3v) is 2.57. The summed E-state index contributed by atoms with van der Waals surface area (Å²) in [6, 6.07) is 1.50. The third kappa shape index (κ3) is 3.73. The number of aryl methyl sites for hydroxylation is 1. The number of carbonyl (C=O) groups excluding carboxylic acids is 2.